The number of hydrogen-bond donors (Lipinski definition) is 1. The molecule has 0 amide bonds. The van der Waals surface area contributed by atoms with Gasteiger partial charge in [0.1, 0.15) is 0 Å². The molecule has 0 saturated carbocycles. The lowest BCUT2D eigenvalue weighted by atomic mass is 10.3. The molecule has 0 unspecified atom stereocenters. The van der Waals surface area contributed by atoms with Crippen LogP contribution in [0.5, 0.6) is 0 Å². The molecule has 0 aliphatic heterocycles. The fraction of sp³-hybridized carbons (Fsp3) is 1.00. The lowest BCUT2D eigenvalue weighted by molar-refractivity contribution is -0.870. The van der Waals surface area contributed by atoms with Crippen molar-refractivity contribution in [3.63, 3.8) is 0 Å². The Bertz CT molecular complexity index is 67.2. The molecule has 0 spiro atoms. The average molecular weight is 212 g/mol. The smallest absolute Gasteiger partial charge is 0.0781 e. The van der Waals surface area contributed by atoms with Gasteiger partial charge in [-0.25, -0.2) is 0 Å². The highest BCUT2D eigenvalue weighted by atomic mass is 16.2. The summed E-state index contributed by atoms with van der Waals surface area (Å²) in [6.07, 6.45) is 2.06. The first-order chi connectivity index (χ1) is 4.06. The third-order valence-corrected chi connectivity index (χ3v) is 1.24. The largest absolute Gasteiger partial charge is 0.396 e. The molecule has 0 aromatic carbocycles. The molecule has 96 valence electrons. The Morgan fingerprint density at radius 2 is 1.14 bits per heavy atom. The van der Waals surface area contributed by atoms with Crippen molar-refractivity contribution in [1.29, 1.82) is 0 Å². The van der Waals surface area contributed by atoms with Crippen LogP contribution in [0.25, 0.3) is 0 Å². The van der Waals surface area contributed by atoms with Crippen molar-refractivity contribution >= 4 is 0 Å². The van der Waals surface area contributed by atoms with E-state index >= 15 is 0 Å². The number of aliphatic hydroxyl groups is 1. The standard InChI is InChI=1S/C7H18NO.5CH4/c1-8(2,3)6-4-5-7-9;;;;;/h9H,4-7H2,1-3H3;5*1H4/q+1;;;;;. The Morgan fingerprint density at radius 1 is 0.786 bits per heavy atom. The summed E-state index contributed by atoms with van der Waals surface area (Å²) >= 11 is 0. The summed E-state index contributed by atoms with van der Waals surface area (Å²) in [6.45, 7) is 1.49. The number of rotatable bonds is 4. The fourth-order valence-corrected chi connectivity index (χ4v) is 0.698. The highest BCUT2D eigenvalue weighted by Gasteiger charge is 2.04. The average Bonchev–Trinajstić information content (AvgIpc) is 1.63. The van der Waals surface area contributed by atoms with Gasteiger partial charge in [-0.05, 0) is 12.8 Å². The zero-order chi connectivity index (χ0) is 7.33. The van der Waals surface area contributed by atoms with E-state index in [0.717, 1.165) is 23.9 Å². The van der Waals surface area contributed by atoms with E-state index in [-0.39, 0.29) is 37.1 Å². The maximum Gasteiger partial charge on any atom is 0.0781 e. The van der Waals surface area contributed by atoms with Gasteiger partial charge in [-0.2, -0.15) is 0 Å². The lowest BCUT2D eigenvalue weighted by Crippen LogP contribution is -2.35. The predicted octanol–water partition coefficient (Wildman–Crippen LogP) is 3.65. The van der Waals surface area contributed by atoms with Crippen LogP contribution in [-0.4, -0.2) is 43.9 Å². The van der Waals surface area contributed by atoms with Crippen LogP contribution in [-0.2, 0) is 0 Å². The third kappa shape index (κ3) is 40.6. The zero-order valence-electron chi connectivity index (χ0n) is 6.72. The predicted molar refractivity (Wildman–Crippen MR) is 72.9 cm³/mol. The molecule has 2 nitrogen and oxygen atoms in total. The number of unbranched alkanes of at least 4 members (excludes halogenated alkanes) is 1. The van der Waals surface area contributed by atoms with Gasteiger partial charge in [0.25, 0.3) is 0 Å². The molecule has 0 aliphatic rings. The zero-order valence-corrected chi connectivity index (χ0v) is 6.72. The quantitative estimate of drug-likeness (QED) is 0.557. The minimum atomic E-state index is 0. The van der Waals surface area contributed by atoms with Crippen LogP contribution >= 0.6 is 0 Å². The van der Waals surface area contributed by atoms with Crippen LogP contribution in [0.3, 0.4) is 0 Å². The molecule has 14 heavy (non-hydrogen) atoms. The van der Waals surface area contributed by atoms with Gasteiger partial charge in [-0.15, -0.1) is 0 Å². The van der Waals surface area contributed by atoms with Crippen molar-refractivity contribution in [3.05, 3.63) is 0 Å². The van der Waals surface area contributed by atoms with E-state index in [2.05, 4.69) is 21.1 Å². The van der Waals surface area contributed by atoms with Crippen LogP contribution in [0.2, 0.25) is 0 Å². The summed E-state index contributed by atoms with van der Waals surface area (Å²) in [5.41, 5.74) is 0. The molecule has 0 aromatic heterocycles. The summed E-state index contributed by atoms with van der Waals surface area (Å²) in [5.74, 6) is 0. The van der Waals surface area contributed by atoms with E-state index in [1.165, 1.54) is 0 Å². The van der Waals surface area contributed by atoms with Gasteiger partial charge in [0.15, 0.2) is 0 Å². The molecule has 0 aliphatic carbocycles. The van der Waals surface area contributed by atoms with E-state index in [1.807, 2.05) is 0 Å². The summed E-state index contributed by atoms with van der Waals surface area (Å²) in [4.78, 5) is 0. The first kappa shape index (κ1) is 37.0. The molecule has 1 N–H and O–H groups in total. The molecule has 0 fully saturated rings. The van der Waals surface area contributed by atoms with E-state index in [1.54, 1.807) is 0 Å². The van der Waals surface area contributed by atoms with Crippen molar-refractivity contribution in [2.45, 2.75) is 50.0 Å². The Hall–Kier alpha value is -0.0800. The van der Waals surface area contributed by atoms with Crippen molar-refractivity contribution in [2.24, 2.45) is 0 Å². The Morgan fingerprint density at radius 3 is 1.36 bits per heavy atom. The van der Waals surface area contributed by atoms with Crippen LogP contribution < -0.4 is 0 Å². The maximum absolute atomic E-state index is 8.46. The van der Waals surface area contributed by atoms with Crippen LogP contribution in [0.1, 0.15) is 50.0 Å². The lowest BCUT2D eigenvalue weighted by Gasteiger charge is -2.23. The van der Waals surface area contributed by atoms with Crippen molar-refractivity contribution in [1.82, 2.24) is 0 Å². The van der Waals surface area contributed by atoms with Gasteiger partial charge in [-0.3, -0.25) is 0 Å². The van der Waals surface area contributed by atoms with Gasteiger partial charge in [0.2, 0.25) is 0 Å². The molecule has 0 atom stereocenters. The Labute approximate surface area is 94.5 Å². The fourth-order valence-electron chi connectivity index (χ4n) is 0.698. The van der Waals surface area contributed by atoms with Gasteiger partial charge < -0.3 is 9.59 Å². The van der Waals surface area contributed by atoms with Gasteiger partial charge >= 0.3 is 0 Å². The second-order valence-corrected chi connectivity index (χ2v) is 3.44. The Kier molecular flexibility index (Phi) is 49.4. The second-order valence-electron chi connectivity index (χ2n) is 3.44. The number of hydrogen-bond acceptors (Lipinski definition) is 1. The monoisotopic (exact) mass is 212 g/mol. The van der Waals surface area contributed by atoms with Crippen molar-refractivity contribution < 1.29 is 9.59 Å². The molecule has 0 aromatic rings. The van der Waals surface area contributed by atoms with Crippen LogP contribution in [0.4, 0.5) is 0 Å². The van der Waals surface area contributed by atoms with E-state index in [4.69, 9.17) is 5.11 Å². The number of nitrogens with zero attached hydrogens (tertiary/aromatic N) is 1. The van der Waals surface area contributed by atoms with Gasteiger partial charge in [0, 0.05) is 6.61 Å². The van der Waals surface area contributed by atoms with Crippen molar-refractivity contribution in [3.8, 4) is 0 Å². The molecule has 0 saturated heterocycles. The molecule has 0 bridgehead atoms. The SMILES string of the molecule is C.C.C.C.C.C[N+](C)(C)CCCCO. The molecule has 0 rings (SSSR count). The maximum atomic E-state index is 8.46. The minimum absolute atomic E-state index is 0. The summed E-state index contributed by atoms with van der Waals surface area (Å²) in [6, 6.07) is 0. The molecular weight excluding hydrogens is 174 g/mol. The highest BCUT2D eigenvalue weighted by Crippen LogP contribution is 1.95. The topological polar surface area (TPSA) is 20.2 Å². The van der Waals surface area contributed by atoms with Crippen molar-refractivity contribution in [2.75, 3.05) is 34.3 Å². The van der Waals surface area contributed by atoms with Gasteiger partial charge in [-0.1, -0.05) is 37.1 Å². The Balaban J connectivity index is -0.0000000320. The normalized spacial score (nSPS) is 7.71. The van der Waals surface area contributed by atoms with Crippen LogP contribution in [0, 0.1) is 0 Å². The van der Waals surface area contributed by atoms with E-state index in [9.17, 15) is 0 Å². The second kappa shape index (κ2) is 18.7. The van der Waals surface area contributed by atoms with E-state index in [0.29, 0.717) is 6.61 Å². The molecule has 0 heterocycles. The summed E-state index contributed by atoms with van der Waals surface area (Å²) < 4.78 is 1.00. The molecule has 0 radical (unpaired) electrons. The first-order valence-corrected chi connectivity index (χ1v) is 3.47. The first-order valence-electron chi connectivity index (χ1n) is 3.47. The van der Waals surface area contributed by atoms with Gasteiger partial charge in [0.05, 0.1) is 27.7 Å². The van der Waals surface area contributed by atoms with E-state index < -0.39 is 0 Å². The minimum Gasteiger partial charge on any atom is -0.396 e. The summed E-state index contributed by atoms with van der Waals surface area (Å²) in [5, 5.41) is 8.46. The number of aliphatic hydroxyl groups excluding tert-OH is 1. The molecular formula is C12H38NO+. The molecule has 2 heteroatoms. The third-order valence-electron chi connectivity index (χ3n) is 1.24. The highest BCUT2D eigenvalue weighted by molar-refractivity contribution is 4.34. The van der Waals surface area contributed by atoms with Crippen LogP contribution in [0.15, 0.2) is 0 Å². The summed E-state index contributed by atoms with van der Waals surface area (Å²) in [7, 11) is 6.49. The number of quaternary nitrogens is 1.